The number of ketones is 2. The molecule has 17 heavy (non-hydrogen) atoms. The summed E-state index contributed by atoms with van der Waals surface area (Å²) in [7, 11) is 0. The minimum atomic E-state index is -1.49. The van der Waals surface area contributed by atoms with Crippen molar-refractivity contribution in [1.29, 1.82) is 0 Å². The molecule has 1 aromatic carbocycles. The monoisotopic (exact) mass is 230 g/mol. The number of rotatable bonds is 0. The first-order chi connectivity index (χ1) is 7.99. The van der Waals surface area contributed by atoms with Gasteiger partial charge in [0.1, 0.15) is 11.4 Å². The highest BCUT2D eigenvalue weighted by Crippen LogP contribution is 2.51. The van der Waals surface area contributed by atoms with Crippen LogP contribution in [0.2, 0.25) is 0 Å². The molecule has 3 heteroatoms. The van der Waals surface area contributed by atoms with Crippen molar-refractivity contribution < 1.29 is 14.7 Å². The average molecular weight is 230 g/mol. The van der Waals surface area contributed by atoms with E-state index in [0.717, 1.165) is 5.56 Å². The summed E-state index contributed by atoms with van der Waals surface area (Å²) in [5.41, 5.74) is -0.973. The first-order valence-electron chi connectivity index (χ1n) is 5.87. The largest absolute Gasteiger partial charge is 0.381 e. The van der Waals surface area contributed by atoms with Crippen molar-refractivity contribution in [2.24, 2.45) is 5.41 Å². The molecule has 0 spiro atoms. The lowest BCUT2D eigenvalue weighted by atomic mass is 9.63. The number of fused-ring (bicyclic) bond motifs is 2. The molecule has 0 heterocycles. The van der Waals surface area contributed by atoms with E-state index in [1.807, 2.05) is 12.1 Å². The zero-order chi connectivity index (χ0) is 12.3. The van der Waals surface area contributed by atoms with Crippen molar-refractivity contribution in [3.05, 3.63) is 35.4 Å². The summed E-state index contributed by atoms with van der Waals surface area (Å²) >= 11 is 0. The second-order valence-corrected chi connectivity index (χ2v) is 5.28. The van der Waals surface area contributed by atoms with Crippen molar-refractivity contribution in [3.63, 3.8) is 0 Å². The van der Waals surface area contributed by atoms with Crippen molar-refractivity contribution in [2.75, 3.05) is 0 Å². The molecule has 3 nitrogen and oxygen atoms in total. The smallest absolute Gasteiger partial charge is 0.195 e. The van der Waals surface area contributed by atoms with Gasteiger partial charge in [0.25, 0.3) is 0 Å². The number of Topliss-reactive ketones (excluding diaryl/α,β-unsaturated/α-hetero) is 2. The molecule has 0 saturated heterocycles. The van der Waals surface area contributed by atoms with Gasteiger partial charge in [-0.05, 0) is 25.3 Å². The summed E-state index contributed by atoms with van der Waals surface area (Å²) in [6.07, 6.45) is 1.02. The maximum absolute atomic E-state index is 12.4. The zero-order valence-electron chi connectivity index (χ0n) is 9.69. The van der Waals surface area contributed by atoms with Crippen LogP contribution in [0.15, 0.2) is 24.3 Å². The van der Waals surface area contributed by atoms with Gasteiger partial charge in [0.15, 0.2) is 5.78 Å². The molecule has 1 N–H and O–H groups in total. The van der Waals surface area contributed by atoms with E-state index < -0.39 is 11.0 Å². The Kier molecular flexibility index (Phi) is 1.91. The SMILES string of the molecule is C[C@@]12Cc3ccccc3C(=O)[C@]1(O)CCC2=O. The maximum atomic E-state index is 12.4. The predicted octanol–water partition coefficient (Wildman–Crippen LogP) is 1.53. The number of benzene rings is 1. The zero-order valence-corrected chi connectivity index (χ0v) is 9.69. The lowest BCUT2D eigenvalue weighted by molar-refractivity contribution is -0.132. The highest BCUT2D eigenvalue weighted by molar-refractivity contribution is 6.11. The molecule has 0 amide bonds. The van der Waals surface area contributed by atoms with Crippen LogP contribution in [0.25, 0.3) is 0 Å². The molecule has 3 rings (SSSR count). The summed E-state index contributed by atoms with van der Waals surface area (Å²) < 4.78 is 0. The summed E-state index contributed by atoms with van der Waals surface area (Å²) in [5.74, 6) is -0.282. The predicted molar refractivity (Wildman–Crippen MR) is 61.8 cm³/mol. The number of hydrogen-bond donors (Lipinski definition) is 1. The topological polar surface area (TPSA) is 54.4 Å². The Labute approximate surface area is 99.5 Å². The van der Waals surface area contributed by atoms with Crippen molar-refractivity contribution >= 4 is 11.6 Å². The van der Waals surface area contributed by atoms with E-state index in [-0.39, 0.29) is 18.0 Å². The molecule has 1 fully saturated rings. The van der Waals surface area contributed by atoms with Crippen LogP contribution in [0.5, 0.6) is 0 Å². The Bertz CT molecular complexity index is 532. The van der Waals surface area contributed by atoms with E-state index >= 15 is 0 Å². The molecule has 2 atom stereocenters. The molecule has 1 aromatic rings. The molecule has 2 aliphatic rings. The van der Waals surface area contributed by atoms with Crippen LogP contribution in [0.1, 0.15) is 35.7 Å². The second-order valence-electron chi connectivity index (χ2n) is 5.28. The fourth-order valence-electron chi connectivity index (χ4n) is 3.19. The molecular formula is C14H14O3. The van der Waals surface area contributed by atoms with Crippen molar-refractivity contribution in [1.82, 2.24) is 0 Å². The lowest BCUT2D eigenvalue weighted by Crippen LogP contribution is -2.55. The average Bonchev–Trinajstić information content (AvgIpc) is 2.55. The minimum absolute atomic E-state index is 0.00264. The first-order valence-corrected chi connectivity index (χ1v) is 5.87. The Morgan fingerprint density at radius 3 is 2.71 bits per heavy atom. The molecular weight excluding hydrogens is 216 g/mol. The minimum Gasteiger partial charge on any atom is -0.381 e. The van der Waals surface area contributed by atoms with Crippen molar-refractivity contribution in [3.8, 4) is 0 Å². The summed E-state index contributed by atoms with van der Waals surface area (Å²) in [4.78, 5) is 24.3. The summed E-state index contributed by atoms with van der Waals surface area (Å²) in [6.45, 7) is 1.72. The number of carbonyl (C=O) groups is 2. The van der Waals surface area contributed by atoms with Gasteiger partial charge in [0.05, 0.1) is 5.41 Å². The molecule has 0 unspecified atom stereocenters. The number of hydrogen-bond acceptors (Lipinski definition) is 3. The van der Waals surface area contributed by atoms with Gasteiger partial charge < -0.3 is 5.11 Å². The van der Waals surface area contributed by atoms with Crippen LogP contribution in [0.3, 0.4) is 0 Å². The third-order valence-electron chi connectivity index (χ3n) is 4.42. The Morgan fingerprint density at radius 1 is 1.24 bits per heavy atom. The normalized spacial score (nSPS) is 35.6. The number of carbonyl (C=O) groups excluding carboxylic acids is 2. The van der Waals surface area contributed by atoms with E-state index in [1.54, 1.807) is 19.1 Å². The van der Waals surface area contributed by atoms with Crippen LogP contribution in [-0.4, -0.2) is 22.3 Å². The molecule has 0 aromatic heterocycles. The Morgan fingerprint density at radius 2 is 1.94 bits per heavy atom. The molecule has 1 saturated carbocycles. The van der Waals surface area contributed by atoms with Crippen LogP contribution in [-0.2, 0) is 11.2 Å². The fraction of sp³-hybridized carbons (Fsp3) is 0.429. The van der Waals surface area contributed by atoms with Gasteiger partial charge in [-0.2, -0.15) is 0 Å². The van der Waals surface area contributed by atoms with E-state index in [4.69, 9.17) is 0 Å². The highest BCUT2D eigenvalue weighted by atomic mass is 16.3. The van der Waals surface area contributed by atoms with Gasteiger partial charge in [0, 0.05) is 12.0 Å². The second kappa shape index (κ2) is 3.05. The van der Waals surface area contributed by atoms with E-state index in [1.165, 1.54) is 0 Å². The first kappa shape index (κ1) is 10.7. The molecule has 0 aliphatic heterocycles. The number of aliphatic hydroxyl groups is 1. The van der Waals surface area contributed by atoms with Gasteiger partial charge in [-0.1, -0.05) is 24.3 Å². The summed E-state index contributed by atoms with van der Waals surface area (Å²) in [6, 6.07) is 7.25. The van der Waals surface area contributed by atoms with Crippen LogP contribution < -0.4 is 0 Å². The van der Waals surface area contributed by atoms with Gasteiger partial charge in [-0.25, -0.2) is 0 Å². The third kappa shape index (κ3) is 1.10. The quantitative estimate of drug-likeness (QED) is 0.735. The van der Waals surface area contributed by atoms with Crippen LogP contribution in [0, 0.1) is 5.41 Å². The molecule has 2 aliphatic carbocycles. The van der Waals surface area contributed by atoms with Gasteiger partial charge in [0.2, 0.25) is 0 Å². The maximum Gasteiger partial charge on any atom is 0.195 e. The van der Waals surface area contributed by atoms with Gasteiger partial charge >= 0.3 is 0 Å². The van der Waals surface area contributed by atoms with Gasteiger partial charge in [-0.15, -0.1) is 0 Å². The lowest BCUT2D eigenvalue weighted by Gasteiger charge is -2.41. The Hall–Kier alpha value is -1.48. The van der Waals surface area contributed by atoms with E-state index in [0.29, 0.717) is 18.4 Å². The van der Waals surface area contributed by atoms with Gasteiger partial charge in [-0.3, -0.25) is 9.59 Å². The van der Waals surface area contributed by atoms with Crippen LogP contribution in [0.4, 0.5) is 0 Å². The van der Waals surface area contributed by atoms with Crippen LogP contribution >= 0.6 is 0 Å². The van der Waals surface area contributed by atoms with E-state index in [9.17, 15) is 14.7 Å². The van der Waals surface area contributed by atoms with Crippen molar-refractivity contribution in [2.45, 2.75) is 31.8 Å². The van der Waals surface area contributed by atoms with E-state index in [2.05, 4.69) is 0 Å². The molecule has 88 valence electrons. The standard InChI is InChI=1S/C14H14O3/c1-13-8-9-4-2-3-5-10(9)12(16)14(13,17)7-6-11(13)15/h2-5,17H,6-8H2,1H3/t13-,14+/m0/s1. The molecule has 0 radical (unpaired) electrons. The fourth-order valence-corrected chi connectivity index (χ4v) is 3.19. The Balaban J connectivity index is 2.24. The molecule has 0 bridgehead atoms. The third-order valence-corrected chi connectivity index (χ3v) is 4.42. The summed E-state index contributed by atoms with van der Waals surface area (Å²) in [5, 5.41) is 10.6. The highest BCUT2D eigenvalue weighted by Gasteiger charge is 2.63.